The number of nitrogens with one attached hydrogen (secondary N) is 1. The van der Waals surface area contributed by atoms with E-state index in [-0.39, 0.29) is 5.95 Å². The summed E-state index contributed by atoms with van der Waals surface area (Å²) in [7, 11) is 0. The molecule has 0 unspecified atom stereocenters. The zero-order chi connectivity index (χ0) is 21.4. The molecule has 31 heavy (non-hydrogen) atoms. The second-order valence-electron chi connectivity index (χ2n) is 7.41. The van der Waals surface area contributed by atoms with Crippen molar-refractivity contribution in [1.82, 2.24) is 29.5 Å². The Morgan fingerprint density at radius 3 is 2.90 bits per heavy atom. The van der Waals surface area contributed by atoms with E-state index in [1.165, 1.54) is 4.52 Å². The molecule has 0 spiro atoms. The standard InChI is InChI=1S/C20H20Cl2N8O/c21-13-6-5-12(15(22)9-13)11-29-7-1-3-14(29)10-24-19-26-18(23)30-20(27-19)25-17(28-30)16-4-2-8-31-16/h2,4-6,8-9,14H,1,3,7,10-11H2,(H3,23,24,25,26,27,28)/t14-/m1/s1. The number of halogens is 2. The molecule has 11 heteroatoms. The first-order chi connectivity index (χ1) is 15.1. The highest BCUT2D eigenvalue weighted by Gasteiger charge is 2.25. The number of hydrogen-bond acceptors (Lipinski definition) is 8. The summed E-state index contributed by atoms with van der Waals surface area (Å²) < 4.78 is 6.74. The number of hydrogen-bond donors (Lipinski definition) is 2. The number of anilines is 2. The van der Waals surface area contributed by atoms with Crippen LogP contribution in [0.3, 0.4) is 0 Å². The Morgan fingerprint density at radius 1 is 1.19 bits per heavy atom. The quantitative estimate of drug-likeness (QED) is 0.449. The second kappa shape index (κ2) is 8.33. The first kappa shape index (κ1) is 20.0. The number of rotatable bonds is 6. The van der Waals surface area contributed by atoms with E-state index in [2.05, 4.69) is 30.3 Å². The highest BCUT2D eigenvalue weighted by Crippen LogP contribution is 2.26. The molecule has 3 N–H and O–H groups in total. The maximum Gasteiger partial charge on any atom is 0.259 e. The normalized spacial score (nSPS) is 16.9. The number of nitrogen functional groups attached to an aromatic ring is 1. The van der Waals surface area contributed by atoms with Crippen LogP contribution in [0.5, 0.6) is 0 Å². The first-order valence-corrected chi connectivity index (χ1v) is 10.7. The lowest BCUT2D eigenvalue weighted by molar-refractivity contribution is 0.254. The van der Waals surface area contributed by atoms with Crippen LogP contribution in [-0.2, 0) is 6.54 Å². The Morgan fingerprint density at radius 2 is 2.10 bits per heavy atom. The fraction of sp³-hybridized carbons (Fsp3) is 0.300. The van der Waals surface area contributed by atoms with Crippen molar-refractivity contribution in [1.29, 1.82) is 0 Å². The van der Waals surface area contributed by atoms with Crippen LogP contribution in [-0.4, -0.2) is 48.6 Å². The molecule has 9 nitrogen and oxygen atoms in total. The van der Waals surface area contributed by atoms with E-state index in [1.54, 1.807) is 24.5 Å². The van der Waals surface area contributed by atoms with Crippen LogP contribution in [0.1, 0.15) is 18.4 Å². The third-order valence-corrected chi connectivity index (χ3v) is 5.95. The average Bonchev–Trinajstić information content (AvgIpc) is 3.49. The lowest BCUT2D eigenvalue weighted by atomic mass is 10.2. The van der Waals surface area contributed by atoms with Crippen molar-refractivity contribution in [3.63, 3.8) is 0 Å². The third kappa shape index (κ3) is 4.16. The summed E-state index contributed by atoms with van der Waals surface area (Å²) in [6, 6.07) is 9.50. The number of benzene rings is 1. The molecule has 0 saturated carbocycles. The van der Waals surface area contributed by atoms with E-state index in [0.29, 0.717) is 45.9 Å². The molecule has 0 bridgehead atoms. The summed E-state index contributed by atoms with van der Waals surface area (Å²) in [6.07, 6.45) is 3.76. The van der Waals surface area contributed by atoms with E-state index in [4.69, 9.17) is 33.4 Å². The number of likely N-dealkylation sites (tertiary alicyclic amines) is 1. The second-order valence-corrected chi connectivity index (χ2v) is 8.26. The van der Waals surface area contributed by atoms with E-state index in [0.717, 1.165) is 31.5 Å². The fourth-order valence-corrected chi connectivity index (χ4v) is 4.28. The van der Waals surface area contributed by atoms with Gasteiger partial charge >= 0.3 is 0 Å². The molecule has 5 rings (SSSR count). The van der Waals surface area contributed by atoms with Gasteiger partial charge in [0.15, 0.2) is 5.76 Å². The molecular weight excluding hydrogens is 439 g/mol. The van der Waals surface area contributed by atoms with Crippen LogP contribution in [0.15, 0.2) is 41.0 Å². The van der Waals surface area contributed by atoms with Gasteiger partial charge in [0.1, 0.15) is 0 Å². The Kier molecular flexibility index (Phi) is 5.39. The Balaban J connectivity index is 1.29. The Hall–Kier alpha value is -2.88. The van der Waals surface area contributed by atoms with Gasteiger partial charge in [-0.3, -0.25) is 4.90 Å². The first-order valence-electron chi connectivity index (χ1n) is 9.93. The van der Waals surface area contributed by atoms with Crippen molar-refractivity contribution in [2.75, 3.05) is 24.1 Å². The van der Waals surface area contributed by atoms with Crippen molar-refractivity contribution in [2.24, 2.45) is 0 Å². The number of nitrogens with zero attached hydrogens (tertiary/aromatic N) is 6. The SMILES string of the molecule is Nc1nc(NC[C@H]2CCCN2Cc2ccc(Cl)cc2Cl)nc2nc(-c3ccco3)nn12. The van der Waals surface area contributed by atoms with Crippen molar-refractivity contribution >= 4 is 40.9 Å². The molecule has 1 saturated heterocycles. The zero-order valence-electron chi connectivity index (χ0n) is 16.5. The number of furan rings is 1. The highest BCUT2D eigenvalue weighted by atomic mass is 35.5. The average molecular weight is 459 g/mol. The summed E-state index contributed by atoms with van der Waals surface area (Å²) in [6.45, 7) is 2.45. The van der Waals surface area contributed by atoms with Gasteiger partial charge in [0.05, 0.1) is 6.26 Å². The van der Waals surface area contributed by atoms with Gasteiger partial charge in [-0.25, -0.2) is 0 Å². The van der Waals surface area contributed by atoms with Crippen LogP contribution in [0.25, 0.3) is 17.4 Å². The third-order valence-electron chi connectivity index (χ3n) is 5.36. The van der Waals surface area contributed by atoms with E-state index in [9.17, 15) is 0 Å². The molecule has 1 atom stereocenters. The lowest BCUT2D eigenvalue weighted by Gasteiger charge is -2.25. The minimum Gasteiger partial charge on any atom is -0.461 e. The summed E-state index contributed by atoms with van der Waals surface area (Å²) in [5.74, 6) is 1.93. The van der Waals surface area contributed by atoms with Crippen molar-refractivity contribution in [3.8, 4) is 11.6 Å². The van der Waals surface area contributed by atoms with Crippen molar-refractivity contribution in [3.05, 3.63) is 52.2 Å². The highest BCUT2D eigenvalue weighted by molar-refractivity contribution is 6.35. The molecule has 4 aromatic rings. The monoisotopic (exact) mass is 458 g/mol. The number of nitrogens with two attached hydrogens (primary N) is 1. The van der Waals surface area contributed by atoms with Crippen LogP contribution < -0.4 is 11.1 Å². The molecule has 0 amide bonds. The summed E-state index contributed by atoms with van der Waals surface area (Å²) in [5.41, 5.74) is 7.13. The van der Waals surface area contributed by atoms with Gasteiger partial charge in [-0.05, 0) is 49.2 Å². The minimum atomic E-state index is 0.203. The number of aromatic nitrogens is 5. The largest absolute Gasteiger partial charge is 0.461 e. The molecule has 3 aromatic heterocycles. The van der Waals surface area contributed by atoms with Gasteiger partial charge in [0, 0.05) is 29.2 Å². The summed E-state index contributed by atoms with van der Waals surface area (Å²) in [5, 5.41) is 8.94. The Bertz CT molecular complexity index is 1210. The minimum absolute atomic E-state index is 0.203. The Labute approximate surface area is 188 Å². The van der Waals surface area contributed by atoms with Gasteiger partial charge in [-0.15, -0.1) is 5.10 Å². The zero-order valence-corrected chi connectivity index (χ0v) is 18.0. The van der Waals surface area contributed by atoms with Gasteiger partial charge in [-0.1, -0.05) is 29.3 Å². The summed E-state index contributed by atoms with van der Waals surface area (Å²) in [4.78, 5) is 15.6. The molecule has 0 aliphatic carbocycles. The van der Waals surface area contributed by atoms with E-state index >= 15 is 0 Å². The van der Waals surface area contributed by atoms with Gasteiger partial charge < -0.3 is 15.5 Å². The number of fused-ring (bicyclic) bond motifs is 1. The fourth-order valence-electron chi connectivity index (χ4n) is 3.81. The molecule has 1 aromatic carbocycles. The van der Waals surface area contributed by atoms with Crippen LogP contribution in [0.2, 0.25) is 10.0 Å². The molecule has 160 valence electrons. The van der Waals surface area contributed by atoms with E-state index < -0.39 is 0 Å². The summed E-state index contributed by atoms with van der Waals surface area (Å²) >= 11 is 12.4. The smallest absolute Gasteiger partial charge is 0.259 e. The molecule has 4 heterocycles. The molecule has 1 fully saturated rings. The van der Waals surface area contributed by atoms with Gasteiger partial charge in [0.25, 0.3) is 5.78 Å². The molecule has 1 aliphatic rings. The van der Waals surface area contributed by atoms with Crippen LogP contribution in [0.4, 0.5) is 11.9 Å². The van der Waals surface area contributed by atoms with Crippen LogP contribution >= 0.6 is 23.2 Å². The maximum absolute atomic E-state index is 6.36. The predicted molar refractivity (Wildman–Crippen MR) is 119 cm³/mol. The van der Waals surface area contributed by atoms with Gasteiger partial charge in [-0.2, -0.15) is 19.5 Å². The lowest BCUT2D eigenvalue weighted by Crippen LogP contribution is -2.35. The van der Waals surface area contributed by atoms with Crippen molar-refractivity contribution in [2.45, 2.75) is 25.4 Å². The van der Waals surface area contributed by atoms with Crippen molar-refractivity contribution < 1.29 is 4.42 Å². The topological polar surface area (TPSA) is 110 Å². The molecular formula is C20H20Cl2N8O. The van der Waals surface area contributed by atoms with Gasteiger partial charge in [0.2, 0.25) is 17.7 Å². The van der Waals surface area contributed by atoms with E-state index in [1.807, 2.05) is 12.1 Å². The van der Waals surface area contributed by atoms with Crippen LogP contribution in [0, 0.1) is 0 Å². The molecule has 0 radical (unpaired) electrons. The molecule has 1 aliphatic heterocycles. The maximum atomic E-state index is 6.36. The predicted octanol–water partition coefficient (Wildman–Crippen LogP) is 3.74.